The first-order valence-corrected chi connectivity index (χ1v) is 4.59. The van der Waals surface area contributed by atoms with Crippen LogP contribution in [0.2, 0.25) is 5.15 Å². The first-order chi connectivity index (χ1) is 6.22. The van der Waals surface area contributed by atoms with Crippen LogP contribution >= 0.6 is 11.6 Å². The van der Waals surface area contributed by atoms with E-state index >= 15 is 0 Å². The molecule has 2 heterocycles. The molecule has 66 valence electrons. The van der Waals surface area contributed by atoms with E-state index in [1.807, 2.05) is 6.07 Å². The van der Waals surface area contributed by atoms with Crippen molar-refractivity contribution < 1.29 is 4.79 Å². The van der Waals surface area contributed by atoms with Crippen molar-refractivity contribution in [2.45, 2.75) is 18.3 Å². The number of aromatic nitrogens is 1. The van der Waals surface area contributed by atoms with E-state index in [4.69, 9.17) is 11.6 Å². The van der Waals surface area contributed by atoms with Crippen LogP contribution in [0.4, 0.5) is 5.82 Å². The van der Waals surface area contributed by atoms with E-state index in [9.17, 15) is 4.79 Å². The van der Waals surface area contributed by atoms with E-state index in [1.165, 1.54) is 0 Å². The molecule has 0 atom stereocenters. The smallest absolute Gasteiger partial charge is 0.236 e. The monoisotopic (exact) mass is 194 g/mol. The number of anilines is 1. The molecule has 0 saturated heterocycles. The highest BCUT2D eigenvalue weighted by atomic mass is 35.5. The van der Waals surface area contributed by atoms with Gasteiger partial charge in [-0.2, -0.15) is 0 Å². The molecule has 4 heteroatoms. The number of carbonyl (C=O) groups excluding carboxylic acids is 1. The minimum Gasteiger partial charge on any atom is -0.310 e. The third kappa shape index (κ3) is 0.800. The van der Waals surface area contributed by atoms with Gasteiger partial charge < -0.3 is 5.32 Å². The largest absolute Gasteiger partial charge is 0.310 e. The molecule has 1 amide bonds. The maximum Gasteiger partial charge on any atom is 0.236 e. The number of hydrogen-bond donors (Lipinski definition) is 1. The Bertz CT molecular complexity index is 412. The summed E-state index contributed by atoms with van der Waals surface area (Å²) < 4.78 is 0. The second-order valence-corrected chi connectivity index (χ2v) is 3.95. The number of nitrogens with zero attached hydrogens (tertiary/aromatic N) is 1. The second kappa shape index (κ2) is 2.04. The quantitative estimate of drug-likeness (QED) is 0.639. The molecule has 3 rings (SSSR count). The van der Waals surface area contributed by atoms with Crippen LogP contribution in [0.1, 0.15) is 18.4 Å². The van der Waals surface area contributed by atoms with E-state index in [-0.39, 0.29) is 11.3 Å². The van der Waals surface area contributed by atoms with E-state index in [2.05, 4.69) is 10.3 Å². The zero-order chi connectivity index (χ0) is 9.05. The van der Waals surface area contributed by atoms with Crippen molar-refractivity contribution in [2.24, 2.45) is 0 Å². The second-order valence-electron chi connectivity index (χ2n) is 3.57. The van der Waals surface area contributed by atoms with Gasteiger partial charge in [-0.25, -0.2) is 4.98 Å². The topological polar surface area (TPSA) is 42.0 Å². The number of rotatable bonds is 0. The predicted molar refractivity (Wildman–Crippen MR) is 48.8 cm³/mol. The van der Waals surface area contributed by atoms with Crippen molar-refractivity contribution in [3.8, 4) is 0 Å². The van der Waals surface area contributed by atoms with Gasteiger partial charge in [-0.05, 0) is 18.9 Å². The molecular weight excluding hydrogens is 188 g/mol. The highest BCUT2D eigenvalue weighted by Gasteiger charge is 2.56. The van der Waals surface area contributed by atoms with Crippen LogP contribution in [0, 0.1) is 0 Å². The summed E-state index contributed by atoms with van der Waals surface area (Å²) in [4.78, 5) is 15.6. The highest BCUT2D eigenvalue weighted by molar-refractivity contribution is 6.29. The molecule has 0 bridgehead atoms. The Balaban J connectivity index is 2.22. The Morgan fingerprint density at radius 1 is 1.46 bits per heavy atom. The van der Waals surface area contributed by atoms with Gasteiger partial charge in [0.05, 0.1) is 5.41 Å². The summed E-state index contributed by atoms with van der Waals surface area (Å²) in [5.74, 6) is 0.729. The zero-order valence-electron chi connectivity index (χ0n) is 6.80. The fourth-order valence-electron chi connectivity index (χ4n) is 1.89. The maximum absolute atomic E-state index is 11.5. The summed E-state index contributed by atoms with van der Waals surface area (Å²) in [5.41, 5.74) is 0.773. The lowest BCUT2D eigenvalue weighted by molar-refractivity contribution is -0.117. The standard InChI is InChI=1S/C9H7ClN2O/c10-6-2-1-5-7(11-6)12-8(13)9(5)3-4-9/h1-2H,3-4H2,(H,11,12,13). The fourth-order valence-corrected chi connectivity index (χ4v) is 2.04. The minimum absolute atomic E-state index is 0.0808. The Kier molecular flexibility index (Phi) is 1.15. The lowest BCUT2D eigenvalue weighted by Gasteiger charge is -2.01. The molecule has 1 aliphatic carbocycles. The summed E-state index contributed by atoms with van der Waals surface area (Å²) in [7, 11) is 0. The van der Waals surface area contributed by atoms with Crippen molar-refractivity contribution >= 4 is 23.3 Å². The summed E-state index contributed by atoms with van der Waals surface area (Å²) in [6.45, 7) is 0. The minimum atomic E-state index is -0.243. The van der Waals surface area contributed by atoms with Gasteiger partial charge in [-0.3, -0.25) is 4.79 Å². The Hall–Kier alpha value is -1.09. The van der Waals surface area contributed by atoms with Gasteiger partial charge in [0.2, 0.25) is 5.91 Å². The molecule has 13 heavy (non-hydrogen) atoms. The predicted octanol–water partition coefficient (Wildman–Crippen LogP) is 1.72. The molecule has 0 unspecified atom stereocenters. The van der Waals surface area contributed by atoms with Crippen molar-refractivity contribution in [1.82, 2.24) is 4.98 Å². The molecule has 0 radical (unpaired) electrons. The molecule has 1 N–H and O–H groups in total. The zero-order valence-corrected chi connectivity index (χ0v) is 7.56. The van der Waals surface area contributed by atoms with E-state index in [0.29, 0.717) is 11.0 Å². The van der Waals surface area contributed by atoms with Crippen molar-refractivity contribution in [2.75, 3.05) is 5.32 Å². The number of carbonyl (C=O) groups is 1. The van der Waals surface area contributed by atoms with Crippen molar-refractivity contribution in [1.29, 1.82) is 0 Å². The van der Waals surface area contributed by atoms with Crippen LogP contribution < -0.4 is 5.32 Å². The Morgan fingerprint density at radius 3 is 2.92 bits per heavy atom. The molecule has 3 nitrogen and oxygen atoms in total. The van der Waals surface area contributed by atoms with Crippen LogP contribution in [0.3, 0.4) is 0 Å². The number of hydrogen-bond acceptors (Lipinski definition) is 2. The molecular formula is C9H7ClN2O. The average molecular weight is 195 g/mol. The van der Waals surface area contributed by atoms with Gasteiger partial charge in [0.15, 0.2) is 0 Å². The molecule has 1 fully saturated rings. The SMILES string of the molecule is O=C1Nc2nc(Cl)ccc2C12CC2. The van der Waals surface area contributed by atoms with Gasteiger partial charge in [0, 0.05) is 5.56 Å². The highest BCUT2D eigenvalue weighted by Crippen LogP contribution is 2.54. The summed E-state index contributed by atoms with van der Waals surface area (Å²) in [5, 5.41) is 3.18. The molecule has 1 aromatic rings. The normalized spacial score (nSPS) is 21.5. The van der Waals surface area contributed by atoms with Gasteiger partial charge in [-0.15, -0.1) is 0 Å². The lowest BCUT2D eigenvalue weighted by atomic mass is 10.00. The molecule has 2 aliphatic rings. The van der Waals surface area contributed by atoms with Gasteiger partial charge >= 0.3 is 0 Å². The third-order valence-electron chi connectivity index (χ3n) is 2.79. The van der Waals surface area contributed by atoms with Gasteiger partial charge in [-0.1, -0.05) is 17.7 Å². The van der Waals surface area contributed by atoms with E-state index in [0.717, 1.165) is 18.4 Å². The van der Waals surface area contributed by atoms with Crippen LogP contribution in [0.25, 0.3) is 0 Å². The number of fused-ring (bicyclic) bond motifs is 2. The van der Waals surface area contributed by atoms with Gasteiger partial charge in [0.1, 0.15) is 11.0 Å². The van der Waals surface area contributed by atoms with Crippen LogP contribution in [-0.2, 0) is 10.2 Å². The number of pyridine rings is 1. The third-order valence-corrected chi connectivity index (χ3v) is 3.00. The average Bonchev–Trinajstić information content (AvgIpc) is 2.80. The molecule has 0 aromatic carbocycles. The van der Waals surface area contributed by atoms with E-state index < -0.39 is 0 Å². The first kappa shape index (κ1) is 7.33. The summed E-state index contributed by atoms with van der Waals surface area (Å²) in [6, 6.07) is 3.64. The Morgan fingerprint density at radius 2 is 2.23 bits per heavy atom. The van der Waals surface area contributed by atoms with Crippen molar-refractivity contribution in [3.05, 3.63) is 22.8 Å². The van der Waals surface area contributed by atoms with Crippen LogP contribution in [0.15, 0.2) is 12.1 Å². The number of amides is 1. The maximum atomic E-state index is 11.5. The number of halogens is 1. The molecule has 1 saturated carbocycles. The van der Waals surface area contributed by atoms with Crippen LogP contribution in [-0.4, -0.2) is 10.9 Å². The summed E-state index contributed by atoms with van der Waals surface area (Å²) >= 11 is 5.72. The Labute approximate surface area is 80.1 Å². The summed E-state index contributed by atoms with van der Waals surface area (Å²) in [6.07, 6.45) is 1.88. The van der Waals surface area contributed by atoms with Gasteiger partial charge in [0.25, 0.3) is 0 Å². The molecule has 1 aromatic heterocycles. The van der Waals surface area contributed by atoms with Crippen LogP contribution in [0.5, 0.6) is 0 Å². The first-order valence-electron chi connectivity index (χ1n) is 4.21. The molecule has 1 spiro atoms. The number of nitrogens with one attached hydrogen (secondary N) is 1. The van der Waals surface area contributed by atoms with E-state index in [1.54, 1.807) is 6.07 Å². The lowest BCUT2D eigenvalue weighted by Crippen LogP contribution is -2.18. The molecule has 1 aliphatic heterocycles. The fraction of sp³-hybridized carbons (Fsp3) is 0.333. The van der Waals surface area contributed by atoms with Crippen molar-refractivity contribution in [3.63, 3.8) is 0 Å².